The van der Waals surface area contributed by atoms with E-state index in [-0.39, 0.29) is 21.3 Å². The van der Waals surface area contributed by atoms with Crippen LogP contribution in [0, 0.1) is 5.82 Å². The number of anilines is 1. The number of rotatable bonds is 6. The van der Waals surface area contributed by atoms with Gasteiger partial charge in [0.05, 0.1) is 13.2 Å². The van der Waals surface area contributed by atoms with Crippen molar-refractivity contribution in [2.75, 3.05) is 31.6 Å². The summed E-state index contributed by atoms with van der Waals surface area (Å²) in [6.45, 7) is 7.23. The molecule has 0 spiro atoms. The summed E-state index contributed by atoms with van der Waals surface area (Å²) in [5.41, 5.74) is -3.24. The summed E-state index contributed by atoms with van der Waals surface area (Å²) in [6, 6.07) is 4.47. The molecule has 2 heterocycles. The van der Waals surface area contributed by atoms with E-state index in [0.29, 0.717) is 26.3 Å². The van der Waals surface area contributed by atoms with Crippen molar-refractivity contribution in [2.45, 2.75) is 38.9 Å². The van der Waals surface area contributed by atoms with E-state index in [2.05, 4.69) is 15.6 Å². The number of halogens is 2. The number of benzene rings is 1. The Kier molecular flexibility index (Phi) is 7.13. The Labute approximate surface area is 194 Å². The van der Waals surface area contributed by atoms with Gasteiger partial charge in [0.1, 0.15) is 27.6 Å². The molecule has 1 fully saturated rings. The Morgan fingerprint density at radius 3 is 2.27 bits per heavy atom. The van der Waals surface area contributed by atoms with Gasteiger partial charge in [0.25, 0.3) is 5.91 Å². The van der Waals surface area contributed by atoms with E-state index in [1.54, 1.807) is 4.90 Å². The second-order valence-electron chi connectivity index (χ2n) is 8.61. The molecule has 3 amide bonds. The first-order valence-electron chi connectivity index (χ1n) is 10.4. The Balaban J connectivity index is 1.79. The van der Waals surface area contributed by atoms with E-state index in [1.807, 2.05) is 0 Å². The zero-order valence-electron chi connectivity index (χ0n) is 18.8. The fourth-order valence-electron chi connectivity index (χ4n) is 3.09. The molecule has 0 atom stereocenters. The van der Waals surface area contributed by atoms with Crippen molar-refractivity contribution in [3.8, 4) is 0 Å². The highest BCUT2D eigenvalue weighted by Gasteiger charge is 2.35. The predicted molar refractivity (Wildman–Crippen MR) is 120 cm³/mol. The molecular formula is C22H26F2N4O4S. The smallest absolute Gasteiger partial charge is 0.318 e. The molecule has 33 heavy (non-hydrogen) atoms. The fraction of sp³-hybridized carbons (Fsp3) is 0.455. The van der Waals surface area contributed by atoms with E-state index >= 15 is 0 Å². The average molecular weight is 481 g/mol. The molecule has 11 heteroatoms. The number of ether oxygens (including phenoxy) is 1. The minimum absolute atomic E-state index is 0.000401. The van der Waals surface area contributed by atoms with Gasteiger partial charge in [-0.1, -0.05) is 11.3 Å². The largest absolute Gasteiger partial charge is 0.378 e. The van der Waals surface area contributed by atoms with Gasteiger partial charge in [0, 0.05) is 18.7 Å². The van der Waals surface area contributed by atoms with Crippen LogP contribution in [0.4, 0.5) is 18.7 Å². The van der Waals surface area contributed by atoms with Crippen molar-refractivity contribution < 1.29 is 27.9 Å². The minimum atomic E-state index is -1.97. The monoisotopic (exact) mass is 480 g/mol. The van der Waals surface area contributed by atoms with Crippen molar-refractivity contribution in [1.82, 2.24) is 15.2 Å². The molecule has 0 saturated carbocycles. The topological polar surface area (TPSA) is 101 Å². The van der Waals surface area contributed by atoms with Crippen molar-refractivity contribution >= 4 is 34.2 Å². The molecule has 3 rings (SSSR count). The zero-order valence-corrected chi connectivity index (χ0v) is 19.6. The summed E-state index contributed by atoms with van der Waals surface area (Å²) in [4.78, 5) is 44.0. The number of hydrogen-bond acceptors (Lipinski definition) is 6. The number of urea groups is 1. The summed E-state index contributed by atoms with van der Waals surface area (Å²) in [5.74, 6) is -1.62. The number of nitrogens with zero attached hydrogens (tertiary/aromatic N) is 2. The van der Waals surface area contributed by atoms with Crippen LogP contribution in [0.2, 0.25) is 0 Å². The molecule has 8 nitrogen and oxygen atoms in total. The number of morpholine rings is 1. The van der Waals surface area contributed by atoms with Gasteiger partial charge in [-0.15, -0.1) is 0 Å². The van der Waals surface area contributed by atoms with Crippen molar-refractivity contribution in [3.63, 3.8) is 0 Å². The second kappa shape index (κ2) is 9.52. The van der Waals surface area contributed by atoms with Gasteiger partial charge in [-0.3, -0.25) is 14.9 Å². The zero-order chi connectivity index (χ0) is 24.4. The standard InChI is InChI=1S/C22H26F2N4O4S/c1-21(2,24)17-16(15(29)13-5-7-14(23)8-6-13)33-19(25-17)26-18(30)22(3,4)27-20(31)28-9-11-32-12-10-28/h5-8H,9-12H2,1-4H3,(H,27,31)(H,25,26,30). The lowest BCUT2D eigenvalue weighted by Gasteiger charge is -2.31. The molecule has 1 saturated heterocycles. The van der Waals surface area contributed by atoms with Crippen LogP contribution in [-0.2, 0) is 15.2 Å². The van der Waals surface area contributed by atoms with Crippen LogP contribution in [-0.4, -0.2) is 59.4 Å². The molecule has 178 valence electrons. The third-order valence-electron chi connectivity index (χ3n) is 5.01. The molecule has 1 aliphatic heterocycles. The van der Waals surface area contributed by atoms with Crippen LogP contribution in [0.3, 0.4) is 0 Å². The number of hydrogen-bond donors (Lipinski definition) is 2. The van der Waals surface area contributed by atoms with Crippen molar-refractivity contribution in [2.24, 2.45) is 0 Å². The molecular weight excluding hydrogens is 454 g/mol. The molecule has 0 unspecified atom stereocenters. The molecule has 1 aliphatic rings. The van der Waals surface area contributed by atoms with Crippen LogP contribution < -0.4 is 10.6 Å². The number of thiazole rings is 1. The predicted octanol–water partition coefficient (Wildman–Crippen LogP) is 3.48. The summed E-state index contributed by atoms with van der Waals surface area (Å²) < 4.78 is 33.3. The van der Waals surface area contributed by atoms with Crippen LogP contribution in [0.15, 0.2) is 24.3 Å². The third kappa shape index (κ3) is 5.91. The quantitative estimate of drug-likeness (QED) is 0.617. The number of carbonyl (C=O) groups excluding carboxylic acids is 3. The van der Waals surface area contributed by atoms with Gasteiger partial charge in [-0.2, -0.15) is 0 Å². The highest BCUT2D eigenvalue weighted by atomic mass is 32.1. The average Bonchev–Trinajstić information content (AvgIpc) is 3.18. The van der Waals surface area contributed by atoms with Crippen molar-refractivity contribution in [3.05, 3.63) is 46.2 Å². The van der Waals surface area contributed by atoms with Crippen LogP contribution >= 0.6 is 11.3 Å². The van der Waals surface area contributed by atoms with Crippen molar-refractivity contribution in [1.29, 1.82) is 0 Å². The van der Waals surface area contributed by atoms with E-state index in [0.717, 1.165) is 23.5 Å². The Bertz CT molecular complexity index is 1040. The minimum Gasteiger partial charge on any atom is -0.378 e. The number of ketones is 1. The van der Waals surface area contributed by atoms with Gasteiger partial charge in [-0.25, -0.2) is 18.6 Å². The van der Waals surface area contributed by atoms with Gasteiger partial charge in [-0.05, 0) is 52.0 Å². The highest BCUT2D eigenvalue weighted by Crippen LogP contribution is 2.35. The molecule has 1 aromatic carbocycles. The first-order chi connectivity index (χ1) is 15.4. The first-order valence-corrected chi connectivity index (χ1v) is 11.2. The van der Waals surface area contributed by atoms with Gasteiger partial charge < -0.3 is 15.0 Å². The summed E-state index contributed by atoms with van der Waals surface area (Å²) >= 11 is 0.819. The number of alkyl halides is 1. The van der Waals surface area contributed by atoms with E-state index in [9.17, 15) is 23.2 Å². The molecule has 1 aromatic heterocycles. The lowest BCUT2D eigenvalue weighted by molar-refractivity contribution is -0.121. The Morgan fingerprint density at radius 2 is 1.70 bits per heavy atom. The summed E-state index contributed by atoms with van der Waals surface area (Å²) in [7, 11) is 0. The summed E-state index contributed by atoms with van der Waals surface area (Å²) in [6.07, 6.45) is 0. The van der Waals surface area contributed by atoms with E-state index in [4.69, 9.17) is 4.74 Å². The fourth-order valence-corrected chi connectivity index (χ4v) is 4.16. The van der Waals surface area contributed by atoms with E-state index in [1.165, 1.54) is 39.8 Å². The summed E-state index contributed by atoms with van der Waals surface area (Å²) in [5, 5.41) is 5.26. The molecule has 2 N–H and O–H groups in total. The van der Waals surface area contributed by atoms with Gasteiger partial charge >= 0.3 is 6.03 Å². The first kappa shape index (κ1) is 24.7. The molecule has 0 radical (unpaired) electrons. The maximum Gasteiger partial charge on any atom is 0.318 e. The highest BCUT2D eigenvalue weighted by molar-refractivity contribution is 7.18. The molecule has 0 aliphatic carbocycles. The van der Waals surface area contributed by atoms with E-state index < -0.39 is 34.7 Å². The maximum atomic E-state index is 14.8. The number of aromatic nitrogens is 1. The number of amides is 3. The Hall–Kier alpha value is -2.92. The lowest BCUT2D eigenvalue weighted by atomic mass is 10.0. The van der Waals surface area contributed by atoms with Crippen LogP contribution in [0.5, 0.6) is 0 Å². The molecule has 2 aromatic rings. The Morgan fingerprint density at radius 1 is 1.09 bits per heavy atom. The lowest BCUT2D eigenvalue weighted by Crippen LogP contribution is -2.57. The van der Waals surface area contributed by atoms with Gasteiger partial charge in [0.15, 0.2) is 5.13 Å². The number of carbonyl (C=O) groups is 3. The van der Waals surface area contributed by atoms with Crippen LogP contribution in [0.25, 0.3) is 0 Å². The normalized spacial score (nSPS) is 14.7. The van der Waals surface area contributed by atoms with Gasteiger partial charge in [0.2, 0.25) is 5.78 Å². The van der Waals surface area contributed by atoms with Crippen LogP contribution in [0.1, 0.15) is 48.6 Å². The molecule has 0 bridgehead atoms. The maximum absolute atomic E-state index is 14.8. The third-order valence-corrected chi connectivity index (χ3v) is 5.98. The number of nitrogens with one attached hydrogen (secondary N) is 2. The second-order valence-corrected chi connectivity index (χ2v) is 9.61. The SMILES string of the molecule is CC(C)(NC(=O)N1CCOCC1)C(=O)Nc1nc(C(C)(C)F)c(C(=O)c2ccc(F)cc2)s1.